The van der Waals surface area contributed by atoms with Gasteiger partial charge in [0.05, 0.1) is 6.54 Å². The molecule has 1 saturated carbocycles. The van der Waals surface area contributed by atoms with E-state index < -0.39 is 0 Å². The van der Waals surface area contributed by atoms with Crippen LogP contribution in [0.4, 0.5) is 0 Å². The van der Waals surface area contributed by atoms with Gasteiger partial charge in [-0.3, -0.25) is 9.59 Å². The lowest BCUT2D eigenvalue weighted by molar-refractivity contribution is -0.142. The number of hydrogen-bond acceptors (Lipinski definition) is 2. The number of aromatic nitrogens is 1. The molecular formula is C27H39N3O2. The van der Waals surface area contributed by atoms with Crippen LogP contribution in [-0.4, -0.2) is 38.8 Å². The maximum atomic E-state index is 13.5. The van der Waals surface area contributed by atoms with Crippen molar-refractivity contribution in [3.63, 3.8) is 0 Å². The highest BCUT2D eigenvalue weighted by atomic mass is 16.2. The summed E-state index contributed by atoms with van der Waals surface area (Å²) in [5.74, 6) is 0.442. The first-order valence-corrected chi connectivity index (χ1v) is 11.8. The van der Waals surface area contributed by atoms with Gasteiger partial charge in [-0.2, -0.15) is 0 Å². The molecule has 0 saturated heterocycles. The van der Waals surface area contributed by atoms with E-state index in [9.17, 15) is 9.59 Å². The molecule has 0 N–H and O–H groups in total. The number of nitrogens with zero attached hydrogens (tertiary/aromatic N) is 3. The molecule has 2 amide bonds. The van der Waals surface area contributed by atoms with Crippen molar-refractivity contribution in [2.75, 3.05) is 6.54 Å². The first-order chi connectivity index (χ1) is 15.1. The predicted octanol–water partition coefficient (Wildman–Crippen LogP) is 5.01. The maximum Gasteiger partial charge on any atom is 0.242 e. The van der Waals surface area contributed by atoms with Crippen LogP contribution in [0, 0.1) is 11.3 Å². The smallest absolute Gasteiger partial charge is 0.242 e. The minimum absolute atomic E-state index is 0.0128. The van der Waals surface area contributed by atoms with Gasteiger partial charge in [-0.1, -0.05) is 58.0 Å². The molecule has 1 aliphatic rings. The van der Waals surface area contributed by atoms with Crippen molar-refractivity contribution in [1.29, 1.82) is 0 Å². The molecule has 1 aromatic heterocycles. The van der Waals surface area contributed by atoms with Gasteiger partial charge < -0.3 is 14.4 Å². The molecule has 0 unspecified atom stereocenters. The van der Waals surface area contributed by atoms with Crippen LogP contribution in [0.3, 0.4) is 0 Å². The van der Waals surface area contributed by atoms with Gasteiger partial charge >= 0.3 is 0 Å². The van der Waals surface area contributed by atoms with Gasteiger partial charge in [-0.15, -0.1) is 0 Å². The van der Waals surface area contributed by atoms with Gasteiger partial charge in [-0.25, -0.2) is 0 Å². The number of aryl methyl sites for hydroxylation is 1. The Morgan fingerprint density at radius 2 is 1.72 bits per heavy atom. The molecule has 0 aliphatic heterocycles. The van der Waals surface area contributed by atoms with Crippen LogP contribution in [0.15, 0.2) is 48.7 Å². The van der Waals surface area contributed by atoms with E-state index in [-0.39, 0.29) is 29.8 Å². The number of carbonyl (C=O) groups excluding carboxylic acids is 2. The van der Waals surface area contributed by atoms with Crippen molar-refractivity contribution in [1.82, 2.24) is 14.4 Å². The Balaban J connectivity index is 1.70. The third kappa shape index (κ3) is 7.25. The van der Waals surface area contributed by atoms with Gasteiger partial charge in [0.15, 0.2) is 0 Å². The number of amides is 2. The zero-order valence-corrected chi connectivity index (χ0v) is 20.4. The first-order valence-electron chi connectivity index (χ1n) is 11.8. The molecule has 1 fully saturated rings. The van der Waals surface area contributed by atoms with Crippen molar-refractivity contribution in [3.05, 3.63) is 59.9 Å². The lowest BCUT2D eigenvalue weighted by atomic mass is 9.84. The van der Waals surface area contributed by atoms with Crippen LogP contribution in [0.5, 0.6) is 0 Å². The normalized spacial score (nSPS) is 14.8. The third-order valence-electron chi connectivity index (χ3n) is 6.07. The second-order valence-electron chi connectivity index (χ2n) is 10.7. The molecule has 5 nitrogen and oxygen atoms in total. The molecule has 1 atom stereocenters. The topological polar surface area (TPSA) is 45.6 Å². The Morgan fingerprint density at radius 1 is 1.03 bits per heavy atom. The molecule has 1 heterocycles. The van der Waals surface area contributed by atoms with E-state index in [1.807, 2.05) is 70.1 Å². The molecule has 5 heteroatoms. The fraction of sp³-hybridized carbons (Fsp3) is 0.556. The van der Waals surface area contributed by atoms with E-state index in [2.05, 4.69) is 27.7 Å². The lowest BCUT2D eigenvalue weighted by Crippen LogP contribution is -2.44. The van der Waals surface area contributed by atoms with Crippen LogP contribution in [0.1, 0.15) is 64.6 Å². The Bertz CT molecular complexity index is 893. The number of benzene rings is 1. The quantitative estimate of drug-likeness (QED) is 0.525. The van der Waals surface area contributed by atoms with Gasteiger partial charge in [0, 0.05) is 37.9 Å². The molecule has 0 spiro atoms. The molecule has 1 aromatic carbocycles. The van der Waals surface area contributed by atoms with Gasteiger partial charge in [0.2, 0.25) is 11.8 Å². The Kier molecular flexibility index (Phi) is 7.81. The fourth-order valence-corrected chi connectivity index (χ4v) is 4.48. The molecule has 2 aromatic rings. The lowest BCUT2D eigenvalue weighted by Gasteiger charge is -2.29. The van der Waals surface area contributed by atoms with Crippen molar-refractivity contribution in [3.8, 4) is 0 Å². The second kappa shape index (κ2) is 10.4. The predicted molar refractivity (Wildman–Crippen MR) is 129 cm³/mol. The summed E-state index contributed by atoms with van der Waals surface area (Å²) in [6, 6.07) is 14.3. The van der Waals surface area contributed by atoms with E-state index in [0.29, 0.717) is 25.4 Å². The minimum Gasteiger partial charge on any atom is -0.353 e. The van der Waals surface area contributed by atoms with Gasteiger partial charge in [-0.05, 0) is 48.3 Å². The molecule has 1 aliphatic carbocycles. The highest BCUT2D eigenvalue weighted by Crippen LogP contribution is 2.30. The Hall–Kier alpha value is -2.56. The van der Waals surface area contributed by atoms with E-state index in [1.54, 1.807) is 0 Å². The monoisotopic (exact) mass is 437 g/mol. The largest absolute Gasteiger partial charge is 0.353 e. The van der Waals surface area contributed by atoms with Crippen LogP contribution in [0.25, 0.3) is 0 Å². The summed E-state index contributed by atoms with van der Waals surface area (Å²) in [5, 5.41) is 0. The van der Waals surface area contributed by atoms with Crippen LogP contribution >= 0.6 is 0 Å². The maximum absolute atomic E-state index is 13.5. The molecular weight excluding hydrogens is 398 g/mol. The molecule has 0 radical (unpaired) electrons. The average Bonchev–Trinajstić information content (AvgIpc) is 3.47. The van der Waals surface area contributed by atoms with Crippen LogP contribution < -0.4 is 0 Å². The molecule has 174 valence electrons. The van der Waals surface area contributed by atoms with E-state index in [1.165, 1.54) is 0 Å². The van der Waals surface area contributed by atoms with E-state index in [0.717, 1.165) is 30.5 Å². The van der Waals surface area contributed by atoms with Crippen molar-refractivity contribution in [2.45, 2.75) is 72.5 Å². The van der Waals surface area contributed by atoms with Gasteiger partial charge in [0.1, 0.15) is 6.54 Å². The summed E-state index contributed by atoms with van der Waals surface area (Å²) in [4.78, 5) is 30.4. The average molecular weight is 438 g/mol. The third-order valence-corrected chi connectivity index (χ3v) is 6.07. The first kappa shape index (κ1) is 24.1. The fourth-order valence-electron chi connectivity index (χ4n) is 4.48. The van der Waals surface area contributed by atoms with Crippen molar-refractivity contribution >= 4 is 11.8 Å². The highest BCUT2D eigenvalue weighted by molar-refractivity contribution is 5.85. The summed E-state index contributed by atoms with van der Waals surface area (Å²) >= 11 is 0. The van der Waals surface area contributed by atoms with Crippen molar-refractivity contribution in [2.24, 2.45) is 18.4 Å². The SMILES string of the molecule is C[C@H](CC(=O)N(CC(=O)N(Cc1ccccc1)Cc1cccn1C)C1CC1)CC(C)(C)C. The zero-order chi connectivity index (χ0) is 23.3. The highest BCUT2D eigenvalue weighted by Gasteiger charge is 2.35. The number of hydrogen-bond donors (Lipinski definition) is 0. The summed E-state index contributed by atoms with van der Waals surface area (Å²) in [5.41, 5.74) is 2.37. The number of rotatable bonds is 10. The second-order valence-corrected chi connectivity index (χ2v) is 10.7. The van der Waals surface area contributed by atoms with Gasteiger partial charge in [0.25, 0.3) is 0 Å². The summed E-state index contributed by atoms with van der Waals surface area (Å²) < 4.78 is 2.04. The van der Waals surface area contributed by atoms with E-state index in [4.69, 9.17) is 0 Å². The summed E-state index contributed by atoms with van der Waals surface area (Å²) in [6.07, 6.45) is 5.51. The zero-order valence-electron chi connectivity index (χ0n) is 20.4. The van der Waals surface area contributed by atoms with E-state index >= 15 is 0 Å². The van der Waals surface area contributed by atoms with Crippen LogP contribution in [0.2, 0.25) is 0 Å². The Labute approximate surface area is 193 Å². The summed E-state index contributed by atoms with van der Waals surface area (Å²) in [6.45, 7) is 10.0. The molecule has 0 bridgehead atoms. The van der Waals surface area contributed by atoms with Crippen LogP contribution in [-0.2, 0) is 29.7 Å². The number of carbonyl (C=O) groups is 2. The minimum atomic E-state index is 0.0128. The molecule has 3 rings (SSSR count). The summed E-state index contributed by atoms with van der Waals surface area (Å²) in [7, 11) is 2.00. The Morgan fingerprint density at radius 3 is 2.28 bits per heavy atom. The molecule has 32 heavy (non-hydrogen) atoms. The van der Waals surface area contributed by atoms with Crippen molar-refractivity contribution < 1.29 is 9.59 Å². The standard InChI is InChI=1S/C27H39N3O2/c1-21(17-27(2,3)4)16-25(31)30(23-13-14-23)20-26(32)29(18-22-10-7-6-8-11-22)19-24-12-9-15-28(24)5/h6-12,15,21,23H,13-14,16-20H2,1-5H3/t21-/m1/s1.